The number of nitrogens with one attached hydrogen (secondary N) is 1. The molecule has 1 N–H and O–H groups in total. The van der Waals surface area contributed by atoms with Crippen molar-refractivity contribution in [2.45, 2.75) is 58.7 Å². The number of hydrogen-bond acceptors (Lipinski definition) is 1. The number of rotatable bonds is 2. The van der Waals surface area contributed by atoms with E-state index < -0.39 is 6.17 Å². The molecule has 2 heteroatoms. The van der Waals surface area contributed by atoms with Crippen molar-refractivity contribution in [3.63, 3.8) is 0 Å². The van der Waals surface area contributed by atoms with E-state index in [-0.39, 0.29) is 5.41 Å². The monoisotopic (exact) mass is 187 g/mol. The largest absolute Gasteiger partial charge is 0.314 e. The lowest BCUT2D eigenvalue weighted by Gasteiger charge is -2.30. The van der Waals surface area contributed by atoms with Crippen LogP contribution in [0.3, 0.4) is 0 Å². The van der Waals surface area contributed by atoms with Gasteiger partial charge in [-0.3, -0.25) is 0 Å². The Labute approximate surface area is 81.1 Å². The van der Waals surface area contributed by atoms with E-state index in [1.54, 1.807) is 0 Å². The Kier molecular flexibility index (Phi) is 3.72. The number of halogens is 1. The molecule has 0 amide bonds. The fourth-order valence-corrected chi connectivity index (χ4v) is 1.73. The molecule has 1 rings (SSSR count). The fourth-order valence-electron chi connectivity index (χ4n) is 1.73. The SMILES string of the molecule is CC(C)(C)C(F)CC1CCCCN1. The number of alkyl halides is 1. The second-order valence-electron chi connectivity index (χ2n) is 5.22. The van der Waals surface area contributed by atoms with Crippen LogP contribution in [-0.2, 0) is 0 Å². The van der Waals surface area contributed by atoms with Crippen LogP contribution in [-0.4, -0.2) is 18.8 Å². The van der Waals surface area contributed by atoms with Crippen LogP contribution in [0.1, 0.15) is 46.5 Å². The van der Waals surface area contributed by atoms with E-state index >= 15 is 0 Å². The topological polar surface area (TPSA) is 12.0 Å². The molecule has 0 aromatic carbocycles. The molecule has 1 aliphatic rings. The van der Waals surface area contributed by atoms with E-state index in [1.807, 2.05) is 20.8 Å². The van der Waals surface area contributed by atoms with Crippen molar-refractivity contribution in [2.24, 2.45) is 5.41 Å². The first kappa shape index (κ1) is 11.0. The molecule has 1 saturated heterocycles. The molecule has 1 heterocycles. The van der Waals surface area contributed by atoms with Crippen molar-refractivity contribution >= 4 is 0 Å². The molecule has 1 aliphatic heterocycles. The maximum absolute atomic E-state index is 13.7. The van der Waals surface area contributed by atoms with Crippen molar-refractivity contribution in [3.8, 4) is 0 Å². The normalized spacial score (nSPS) is 27.2. The number of hydrogen-bond donors (Lipinski definition) is 1. The predicted molar refractivity (Wildman–Crippen MR) is 54.6 cm³/mol. The summed E-state index contributed by atoms with van der Waals surface area (Å²) in [5, 5.41) is 3.38. The van der Waals surface area contributed by atoms with Crippen LogP contribution in [0.4, 0.5) is 4.39 Å². The molecule has 0 saturated carbocycles. The zero-order valence-electron chi connectivity index (χ0n) is 9.07. The van der Waals surface area contributed by atoms with Gasteiger partial charge in [0, 0.05) is 6.04 Å². The molecule has 1 nitrogen and oxygen atoms in total. The average Bonchev–Trinajstić information content (AvgIpc) is 2.04. The second-order valence-corrected chi connectivity index (χ2v) is 5.22. The van der Waals surface area contributed by atoms with Crippen molar-refractivity contribution < 1.29 is 4.39 Å². The fraction of sp³-hybridized carbons (Fsp3) is 1.00. The summed E-state index contributed by atoms with van der Waals surface area (Å²) in [6.45, 7) is 6.99. The van der Waals surface area contributed by atoms with E-state index in [4.69, 9.17) is 0 Å². The van der Waals surface area contributed by atoms with Crippen molar-refractivity contribution in [1.82, 2.24) is 5.32 Å². The van der Waals surface area contributed by atoms with Gasteiger partial charge in [-0.25, -0.2) is 4.39 Å². The molecule has 78 valence electrons. The summed E-state index contributed by atoms with van der Waals surface area (Å²) >= 11 is 0. The molecule has 13 heavy (non-hydrogen) atoms. The highest BCUT2D eigenvalue weighted by Crippen LogP contribution is 2.27. The standard InChI is InChI=1S/C11H22FN/c1-11(2,3)10(12)8-9-6-4-5-7-13-9/h9-10,13H,4-8H2,1-3H3. The molecule has 1 fully saturated rings. The third-order valence-corrected chi connectivity index (χ3v) is 2.84. The summed E-state index contributed by atoms with van der Waals surface area (Å²) in [4.78, 5) is 0. The highest BCUT2D eigenvalue weighted by molar-refractivity contribution is 4.81. The predicted octanol–water partition coefficient (Wildman–Crippen LogP) is 2.90. The van der Waals surface area contributed by atoms with Gasteiger partial charge in [-0.1, -0.05) is 27.2 Å². The van der Waals surface area contributed by atoms with Gasteiger partial charge in [0.15, 0.2) is 0 Å². The molecule has 0 aromatic rings. The molecular formula is C11H22FN. The van der Waals surface area contributed by atoms with Gasteiger partial charge in [0.05, 0.1) is 0 Å². The molecular weight excluding hydrogens is 165 g/mol. The Bertz CT molecular complexity index is 145. The highest BCUT2D eigenvalue weighted by Gasteiger charge is 2.27. The molecule has 0 aromatic heterocycles. The van der Waals surface area contributed by atoms with Gasteiger partial charge < -0.3 is 5.32 Å². The molecule has 0 aliphatic carbocycles. The smallest absolute Gasteiger partial charge is 0.106 e. The summed E-state index contributed by atoms with van der Waals surface area (Å²) in [5.74, 6) is 0. The highest BCUT2D eigenvalue weighted by atomic mass is 19.1. The Morgan fingerprint density at radius 2 is 2.08 bits per heavy atom. The quantitative estimate of drug-likeness (QED) is 0.701. The van der Waals surface area contributed by atoms with Crippen LogP contribution in [0, 0.1) is 5.41 Å². The van der Waals surface area contributed by atoms with Crippen LogP contribution in [0.25, 0.3) is 0 Å². The molecule has 2 atom stereocenters. The Balaban J connectivity index is 2.30. The minimum atomic E-state index is -0.678. The summed E-state index contributed by atoms with van der Waals surface area (Å²) in [5.41, 5.74) is -0.195. The van der Waals surface area contributed by atoms with Crippen LogP contribution < -0.4 is 5.32 Å². The first-order chi connectivity index (χ1) is 6.00. The van der Waals surface area contributed by atoms with E-state index in [0.29, 0.717) is 12.5 Å². The lowest BCUT2D eigenvalue weighted by Crippen LogP contribution is -2.38. The second kappa shape index (κ2) is 4.41. The van der Waals surface area contributed by atoms with Crippen LogP contribution in [0.15, 0.2) is 0 Å². The van der Waals surface area contributed by atoms with Gasteiger partial charge in [0.25, 0.3) is 0 Å². The van der Waals surface area contributed by atoms with E-state index in [9.17, 15) is 4.39 Å². The van der Waals surface area contributed by atoms with Gasteiger partial charge in [0.1, 0.15) is 6.17 Å². The van der Waals surface area contributed by atoms with Crippen molar-refractivity contribution in [3.05, 3.63) is 0 Å². The third kappa shape index (κ3) is 3.63. The van der Waals surface area contributed by atoms with Crippen LogP contribution >= 0.6 is 0 Å². The zero-order chi connectivity index (χ0) is 9.90. The number of piperidine rings is 1. The summed E-state index contributed by atoms with van der Waals surface area (Å²) in [6.07, 6.45) is 3.67. The summed E-state index contributed by atoms with van der Waals surface area (Å²) in [7, 11) is 0. The molecule has 2 unspecified atom stereocenters. The Morgan fingerprint density at radius 1 is 1.38 bits per heavy atom. The van der Waals surface area contributed by atoms with Crippen LogP contribution in [0.5, 0.6) is 0 Å². The first-order valence-electron chi connectivity index (χ1n) is 5.37. The Morgan fingerprint density at radius 3 is 2.54 bits per heavy atom. The minimum absolute atomic E-state index is 0.195. The molecule has 0 radical (unpaired) electrons. The van der Waals surface area contributed by atoms with E-state index in [0.717, 1.165) is 13.0 Å². The average molecular weight is 187 g/mol. The Hall–Kier alpha value is -0.110. The van der Waals surface area contributed by atoms with Gasteiger partial charge in [0.2, 0.25) is 0 Å². The van der Waals surface area contributed by atoms with Crippen molar-refractivity contribution in [2.75, 3.05) is 6.54 Å². The summed E-state index contributed by atoms with van der Waals surface area (Å²) in [6, 6.07) is 0.419. The lowest BCUT2D eigenvalue weighted by molar-refractivity contribution is 0.132. The third-order valence-electron chi connectivity index (χ3n) is 2.84. The van der Waals surface area contributed by atoms with Gasteiger partial charge in [-0.2, -0.15) is 0 Å². The van der Waals surface area contributed by atoms with E-state index in [2.05, 4.69) is 5.32 Å². The van der Waals surface area contributed by atoms with Crippen LogP contribution in [0.2, 0.25) is 0 Å². The summed E-state index contributed by atoms with van der Waals surface area (Å²) < 4.78 is 13.7. The van der Waals surface area contributed by atoms with Crippen molar-refractivity contribution in [1.29, 1.82) is 0 Å². The lowest BCUT2D eigenvalue weighted by atomic mass is 9.85. The maximum atomic E-state index is 13.7. The maximum Gasteiger partial charge on any atom is 0.106 e. The van der Waals surface area contributed by atoms with Gasteiger partial charge in [-0.05, 0) is 31.2 Å². The minimum Gasteiger partial charge on any atom is -0.314 e. The van der Waals surface area contributed by atoms with E-state index in [1.165, 1.54) is 12.8 Å². The molecule has 0 spiro atoms. The van der Waals surface area contributed by atoms with Gasteiger partial charge >= 0.3 is 0 Å². The molecule has 0 bridgehead atoms. The first-order valence-corrected chi connectivity index (χ1v) is 5.37. The van der Waals surface area contributed by atoms with Gasteiger partial charge in [-0.15, -0.1) is 0 Å². The zero-order valence-corrected chi connectivity index (χ0v) is 9.07.